The Kier molecular flexibility index (Phi) is 7.57. The number of amides is 2. The minimum absolute atomic E-state index is 0.0483. The Labute approximate surface area is 205 Å². The molecule has 1 saturated heterocycles. The quantitative estimate of drug-likeness (QED) is 0.415. The van der Waals surface area contributed by atoms with Crippen molar-refractivity contribution in [2.45, 2.75) is 25.4 Å². The maximum absolute atomic E-state index is 12.8. The zero-order valence-electron chi connectivity index (χ0n) is 20.0. The molecule has 0 saturated carbocycles. The van der Waals surface area contributed by atoms with Crippen LogP contribution in [0.2, 0.25) is 0 Å². The number of carbonyl (C=O) groups is 2. The molecule has 9 nitrogen and oxygen atoms in total. The Bertz CT molecular complexity index is 1190. The highest BCUT2D eigenvalue weighted by Gasteiger charge is 2.20. The number of aromatic nitrogens is 2. The normalized spacial score (nSPS) is 15.3. The third-order valence-corrected chi connectivity index (χ3v) is 5.97. The molecule has 35 heavy (non-hydrogen) atoms. The van der Waals surface area contributed by atoms with Gasteiger partial charge in [0.2, 0.25) is 0 Å². The maximum atomic E-state index is 12.8. The molecular formula is C26H31N7O2. The average molecular weight is 474 g/mol. The summed E-state index contributed by atoms with van der Waals surface area (Å²) < 4.78 is 0. The number of carbonyl (C=O) groups excluding carboxylic acids is 2. The van der Waals surface area contributed by atoms with Crippen LogP contribution in [-0.4, -0.2) is 55.0 Å². The molecule has 1 aliphatic heterocycles. The summed E-state index contributed by atoms with van der Waals surface area (Å²) in [5.74, 6) is -0.378. The molecule has 2 aromatic carbocycles. The summed E-state index contributed by atoms with van der Waals surface area (Å²) >= 11 is 0. The zero-order chi connectivity index (χ0) is 24.8. The number of nitrogens with two attached hydrogens (primary N) is 1. The minimum atomic E-state index is -0.325. The number of anilines is 2. The summed E-state index contributed by atoms with van der Waals surface area (Å²) in [7, 11) is 3.91. The van der Waals surface area contributed by atoms with Gasteiger partial charge in [0.1, 0.15) is 0 Å². The van der Waals surface area contributed by atoms with E-state index in [1.165, 1.54) is 0 Å². The number of nitrogens with one attached hydrogen (secondary N) is 3. The van der Waals surface area contributed by atoms with Gasteiger partial charge in [0.15, 0.2) is 11.5 Å². The van der Waals surface area contributed by atoms with Gasteiger partial charge in [-0.05, 0) is 55.3 Å². The molecule has 5 N–H and O–H groups in total. The van der Waals surface area contributed by atoms with Gasteiger partial charge in [-0.3, -0.25) is 9.59 Å². The fraction of sp³-hybridized carbons (Fsp3) is 0.308. The lowest BCUT2D eigenvalue weighted by Gasteiger charge is -2.23. The number of hydrogen-bond acceptors (Lipinski definition) is 7. The standard InChI is InChI=1S/C26H31N7O2/c1-33(2)21-10-8-18(9-11-21)25(34)30-14-17-5-3-6-19(13-17)22-16-29-24(27)23(32-22)26(35)31-20-7-4-12-28-15-20/h3,5-6,8-11,13,16,20,28H,4,7,12,14-15H2,1-2H3,(H2,27,29)(H,30,34)(H,31,35). The maximum Gasteiger partial charge on any atom is 0.274 e. The summed E-state index contributed by atoms with van der Waals surface area (Å²) in [5, 5.41) is 9.21. The summed E-state index contributed by atoms with van der Waals surface area (Å²) in [6, 6.07) is 15.1. The van der Waals surface area contributed by atoms with E-state index in [4.69, 9.17) is 5.73 Å². The molecule has 9 heteroatoms. The number of benzene rings is 2. The van der Waals surface area contributed by atoms with E-state index in [9.17, 15) is 9.59 Å². The average Bonchev–Trinajstić information content (AvgIpc) is 2.88. The second-order valence-electron chi connectivity index (χ2n) is 8.83. The second kappa shape index (κ2) is 11.0. The van der Waals surface area contributed by atoms with Crippen LogP contribution in [0.4, 0.5) is 11.5 Å². The van der Waals surface area contributed by atoms with E-state index in [0.717, 1.165) is 42.7 Å². The van der Waals surface area contributed by atoms with E-state index in [2.05, 4.69) is 25.9 Å². The van der Waals surface area contributed by atoms with Crippen molar-refractivity contribution in [3.8, 4) is 11.3 Å². The van der Waals surface area contributed by atoms with Crippen molar-refractivity contribution in [3.05, 3.63) is 71.5 Å². The number of nitrogen functional groups attached to an aromatic ring is 1. The molecule has 182 valence electrons. The highest BCUT2D eigenvalue weighted by atomic mass is 16.2. The van der Waals surface area contributed by atoms with Crippen LogP contribution in [0.3, 0.4) is 0 Å². The summed E-state index contributed by atoms with van der Waals surface area (Å²) in [6.07, 6.45) is 3.48. The van der Waals surface area contributed by atoms with Gasteiger partial charge in [-0.1, -0.05) is 18.2 Å². The molecule has 1 aliphatic rings. The molecule has 0 spiro atoms. The Balaban J connectivity index is 1.44. The van der Waals surface area contributed by atoms with Crippen LogP contribution < -0.4 is 26.6 Å². The van der Waals surface area contributed by atoms with Crippen LogP contribution in [-0.2, 0) is 6.54 Å². The molecule has 1 atom stereocenters. The third-order valence-electron chi connectivity index (χ3n) is 5.97. The highest BCUT2D eigenvalue weighted by Crippen LogP contribution is 2.20. The first-order valence-electron chi connectivity index (χ1n) is 11.7. The molecule has 0 radical (unpaired) electrons. The predicted octanol–water partition coefficient (Wildman–Crippen LogP) is 2.20. The lowest BCUT2D eigenvalue weighted by atomic mass is 10.1. The van der Waals surface area contributed by atoms with Gasteiger partial charge in [0, 0.05) is 50.0 Å². The van der Waals surface area contributed by atoms with E-state index in [-0.39, 0.29) is 29.4 Å². The first kappa shape index (κ1) is 24.2. The van der Waals surface area contributed by atoms with Crippen molar-refractivity contribution in [3.63, 3.8) is 0 Å². The molecule has 1 aromatic heterocycles. The predicted molar refractivity (Wildman–Crippen MR) is 137 cm³/mol. The zero-order valence-corrected chi connectivity index (χ0v) is 20.0. The first-order chi connectivity index (χ1) is 16.9. The number of hydrogen-bond donors (Lipinski definition) is 4. The van der Waals surface area contributed by atoms with Crippen molar-refractivity contribution >= 4 is 23.3 Å². The topological polar surface area (TPSA) is 125 Å². The van der Waals surface area contributed by atoms with Gasteiger partial charge < -0.3 is 26.6 Å². The molecule has 4 rings (SSSR count). The van der Waals surface area contributed by atoms with Gasteiger partial charge in [0.25, 0.3) is 11.8 Å². The second-order valence-corrected chi connectivity index (χ2v) is 8.83. The fourth-order valence-electron chi connectivity index (χ4n) is 3.97. The van der Waals surface area contributed by atoms with E-state index >= 15 is 0 Å². The summed E-state index contributed by atoms with van der Waals surface area (Å²) in [5.41, 5.74) is 9.94. The fourth-order valence-corrected chi connectivity index (χ4v) is 3.97. The Hall–Kier alpha value is -3.98. The monoisotopic (exact) mass is 473 g/mol. The molecule has 0 bridgehead atoms. The first-order valence-corrected chi connectivity index (χ1v) is 11.7. The molecule has 1 fully saturated rings. The SMILES string of the molecule is CN(C)c1ccc(C(=O)NCc2cccc(-c3cnc(N)c(C(=O)NC4CCCNC4)n3)c2)cc1. The summed E-state index contributed by atoms with van der Waals surface area (Å²) in [6.45, 7) is 2.04. The Morgan fingerprint density at radius 2 is 1.94 bits per heavy atom. The van der Waals surface area contributed by atoms with E-state index in [1.54, 1.807) is 18.3 Å². The molecule has 0 aliphatic carbocycles. The number of piperidine rings is 1. The van der Waals surface area contributed by atoms with Gasteiger partial charge in [-0.25, -0.2) is 9.97 Å². The summed E-state index contributed by atoms with van der Waals surface area (Å²) in [4.78, 5) is 36.0. The van der Waals surface area contributed by atoms with Gasteiger partial charge >= 0.3 is 0 Å². The van der Waals surface area contributed by atoms with Crippen LogP contribution in [0, 0.1) is 0 Å². The largest absolute Gasteiger partial charge is 0.382 e. The van der Waals surface area contributed by atoms with Crippen LogP contribution in [0.25, 0.3) is 11.3 Å². The minimum Gasteiger partial charge on any atom is -0.382 e. The Morgan fingerprint density at radius 1 is 1.14 bits per heavy atom. The van der Waals surface area contributed by atoms with E-state index in [0.29, 0.717) is 17.8 Å². The van der Waals surface area contributed by atoms with Crippen LogP contribution in [0.15, 0.2) is 54.7 Å². The van der Waals surface area contributed by atoms with Crippen LogP contribution >= 0.6 is 0 Å². The van der Waals surface area contributed by atoms with Gasteiger partial charge in [0.05, 0.1) is 11.9 Å². The molecule has 2 amide bonds. The molecule has 2 heterocycles. The molecule has 3 aromatic rings. The third kappa shape index (κ3) is 6.13. The highest BCUT2D eigenvalue weighted by molar-refractivity contribution is 5.97. The van der Waals surface area contributed by atoms with Crippen molar-refractivity contribution in [1.82, 2.24) is 25.9 Å². The van der Waals surface area contributed by atoms with Crippen molar-refractivity contribution < 1.29 is 9.59 Å². The van der Waals surface area contributed by atoms with Crippen molar-refractivity contribution in [2.24, 2.45) is 0 Å². The van der Waals surface area contributed by atoms with Gasteiger partial charge in [-0.2, -0.15) is 0 Å². The van der Waals surface area contributed by atoms with Gasteiger partial charge in [-0.15, -0.1) is 0 Å². The van der Waals surface area contributed by atoms with Crippen molar-refractivity contribution in [2.75, 3.05) is 37.8 Å². The van der Waals surface area contributed by atoms with E-state index < -0.39 is 0 Å². The number of rotatable bonds is 7. The van der Waals surface area contributed by atoms with Crippen LogP contribution in [0.1, 0.15) is 39.3 Å². The van der Waals surface area contributed by atoms with Crippen molar-refractivity contribution in [1.29, 1.82) is 0 Å². The smallest absolute Gasteiger partial charge is 0.274 e. The lowest BCUT2D eigenvalue weighted by Crippen LogP contribution is -2.46. The Morgan fingerprint density at radius 3 is 2.66 bits per heavy atom. The molecular weight excluding hydrogens is 442 g/mol. The molecule has 1 unspecified atom stereocenters. The van der Waals surface area contributed by atoms with E-state index in [1.807, 2.05) is 55.4 Å². The lowest BCUT2D eigenvalue weighted by molar-refractivity contribution is 0.0924. The number of nitrogens with zero attached hydrogens (tertiary/aromatic N) is 3. The van der Waals surface area contributed by atoms with Crippen LogP contribution in [0.5, 0.6) is 0 Å².